The fourth-order valence-corrected chi connectivity index (χ4v) is 1.85. The summed E-state index contributed by atoms with van der Waals surface area (Å²) in [5, 5.41) is 9.35. The molecule has 0 atom stereocenters. The molecule has 2 aromatic rings. The number of thiocarbonyl (C=S) groups is 1. The van der Waals surface area contributed by atoms with Gasteiger partial charge in [0.05, 0.1) is 16.7 Å². The number of aromatic nitrogens is 2. The number of benzene rings is 1. The van der Waals surface area contributed by atoms with Crippen LogP contribution in [0.1, 0.15) is 21.6 Å². The van der Waals surface area contributed by atoms with Gasteiger partial charge in [0.15, 0.2) is 0 Å². The number of aromatic amines is 1. The standard InChI is InChI=1S/C13H14N4OS/c1-8-11(7-15-17-8)13(18)16-10-4-2-9(3-5-10)6-12(14)19/h2-5,7H,6H2,1H3,(H2,14,19)(H,15,17)(H,16,18). The number of carbonyl (C=O) groups excluding carboxylic acids is 1. The van der Waals surface area contributed by atoms with Crippen LogP contribution in [0.5, 0.6) is 0 Å². The third-order valence-corrected chi connectivity index (χ3v) is 2.81. The molecule has 1 heterocycles. The van der Waals surface area contributed by atoms with Gasteiger partial charge < -0.3 is 11.1 Å². The lowest BCUT2D eigenvalue weighted by Crippen LogP contribution is -2.13. The lowest BCUT2D eigenvalue weighted by atomic mass is 10.1. The Bertz CT molecular complexity index is 603. The monoisotopic (exact) mass is 274 g/mol. The van der Waals surface area contributed by atoms with Crippen LogP contribution in [0.4, 0.5) is 5.69 Å². The van der Waals surface area contributed by atoms with Gasteiger partial charge in [0.1, 0.15) is 0 Å². The molecule has 1 amide bonds. The average Bonchev–Trinajstić information content (AvgIpc) is 2.77. The number of nitrogens with one attached hydrogen (secondary N) is 2. The van der Waals surface area contributed by atoms with Gasteiger partial charge in [0, 0.05) is 17.8 Å². The van der Waals surface area contributed by atoms with Crippen molar-refractivity contribution in [1.29, 1.82) is 0 Å². The van der Waals surface area contributed by atoms with Crippen LogP contribution in [-0.2, 0) is 6.42 Å². The van der Waals surface area contributed by atoms with E-state index in [1.807, 2.05) is 24.3 Å². The van der Waals surface area contributed by atoms with E-state index in [-0.39, 0.29) is 5.91 Å². The van der Waals surface area contributed by atoms with E-state index in [9.17, 15) is 4.79 Å². The molecule has 98 valence electrons. The fraction of sp³-hybridized carbons (Fsp3) is 0.154. The molecule has 0 radical (unpaired) electrons. The number of aryl methyl sites for hydroxylation is 1. The van der Waals surface area contributed by atoms with Gasteiger partial charge >= 0.3 is 0 Å². The smallest absolute Gasteiger partial charge is 0.259 e. The number of hydrogen-bond acceptors (Lipinski definition) is 3. The predicted octanol–water partition coefficient (Wildman–Crippen LogP) is 1.80. The molecule has 0 aliphatic rings. The van der Waals surface area contributed by atoms with E-state index >= 15 is 0 Å². The fourth-order valence-electron chi connectivity index (χ4n) is 1.69. The summed E-state index contributed by atoms with van der Waals surface area (Å²) in [4.78, 5) is 12.4. The first-order valence-electron chi connectivity index (χ1n) is 5.75. The lowest BCUT2D eigenvalue weighted by Gasteiger charge is -2.05. The number of amides is 1. The summed E-state index contributed by atoms with van der Waals surface area (Å²) in [7, 11) is 0. The van der Waals surface area contributed by atoms with Crippen molar-refractivity contribution >= 4 is 28.8 Å². The van der Waals surface area contributed by atoms with Crippen LogP contribution >= 0.6 is 12.2 Å². The van der Waals surface area contributed by atoms with Gasteiger partial charge in [0.2, 0.25) is 0 Å². The van der Waals surface area contributed by atoms with Gasteiger partial charge in [-0.3, -0.25) is 9.89 Å². The van der Waals surface area contributed by atoms with Crippen molar-refractivity contribution < 1.29 is 4.79 Å². The highest BCUT2D eigenvalue weighted by Crippen LogP contribution is 2.12. The Morgan fingerprint density at radius 1 is 1.42 bits per heavy atom. The second kappa shape index (κ2) is 5.62. The molecule has 0 fully saturated rings. The van der Waals surface area contributed by atoms with E-state index in [0.29, 0.717) is 17.0 Å². The molecule has 0 unspecified atom stereocenters. The normalized spacial score (nSPS) is 10.2. The van der Waals surface area contributed by atoms with Crippen molar-refractivity contribution in [2.24, 2.45) is 5.73 Å². The molecule has 0 saturated heterocycles. The van der Waals surface area contributed by atoms with Crippen LogP contribution in [-0.4, -0.2) is 21.1 Å². The summed E-state index contributed by atoms with van der Waals surface area (Å²) in [6, 6.07) is 7.41. The average molecular weight is 274 g/mol. The molecular formula is C13H14N4OS. The summed E-state index contributed by atoms with van der Waals surface area (Å²) in [5.74, 6) is -0.187. The summed E-state index contributed by atoms with van der Waals surface area (Å²) >= 11 is 4.85. The zero-order valence-corrected chi connectivity index (χ0v) is 11.3. The molecule has 1 aromatic heterocycles. The molecule has 5 nitrogen and oxygen atoms in total. The van der Waals surface area contributed by atoms with Crippen LogP contribution in [0.3, 0.4) is 0 Å². The third-order valence-electron chi connectivity index (χ3n) is 2.66. The largest absolute Gasteiger partial charge is 0.393 e. The molecule has 4 N–H and O–H groups in total. The van der Waals surface area contributed by atoms with E-state index in [0.717, 1.165) is 16.9 Å². The van der Waals surface area contributed by atoms with Gasteiger partial charge in [0.25, 0.3) is 5.91 Å². The highest BCUT2D eigenvalue weighted by atomic mass is 32.1. The van der Waals surface area contributed by atoms with E-state index in [4.69, 9.17) is 18.0 Å². The van der Waals surface area contributed by atoms with Crippen molar-refractivity contribution in [3.05, 3.63) is 47.3 Å². The molecule has 0 spiro atoms. The molecule has 2 rings (SSSR count). The Morgan fingerprint density at radius 2 is 2.11 bits per heavy atom. The predicted molar refractivity (Wildman–Crippen MR) is 78.2 cm³/mol. The van der Waals surface area contributed by atoms with Gasteiger partial charge in [-0.05, 0) is 24.6 Å². The number of anilines is 1. The minimum absolute atomic E-state index is 0.187. The van der Waals surface area contributed by atoms with Crippen LogP contribution in [0, 0.1) is 6.92 Å². The van der Waals surface area contributed by atoms with Gasteiger partial charge in [-0.2, -0.15) is 5.10 Å². The Labute approximate surface area is 116 Å². The van der Waals surface area contributed by atoms with Crippen molar-refractivity contribution in [3.63, 3.8) is 0 Å². The molecule has 6 heteroatoms. The maximum Gasteiger partial charge on any atom is 0.259 e. The zero-order valence-electron chi connectivity index (χ0n) is 10.4. The van der Waals surface area contributed by atoms with Crippen LogP contribution in [0.25, 0.3) is 0 Å². The van der Waals surface area contributed by atoms with E-state index in [1.54, 1.807) is 6.92 Å². The summed E-state index contributed by atoms with van der Waals surface area (Å²) < 4.78 is 0. The van der Waals surface area contributed by atoms with Crippen LogP contribution in [0.2, 0.25) is 0 Å². The minimum atomic E-state index is -0.187. The minimum Gasteiger partial charge on any atom is -0.393 e. The Kier molecular flexibility index (Phi) is 3.91. The third kappa shape index (κ3) is 3.38. The first-order valence-corrected chi connectivity index (χ1v) is 6.15. The Balaban J connectivity index is 2.06. The first-order chi connectivity index (χ1) is 9.06. The number of nitrogens with zero attached hydrogens (tertiary/aromatic N) is 1. The Hall–Kier alpha value is -2.21. The molecular weight excluding hydrogens is 260 g/mol. The molecule has 19 heavy (non-hydrogen) atoms. The number of nitrogens with two attached hydrogens (primary N) is 1. The molecule has 0 aliphatic carbocycles. The molecule has 0 bridgehead atoms. The van der Waals surface area contributed by atoms with Crippen LogP contribution in [0.15, 0.2) is 30.5 Å². The SMILES string of the molecule is Cc1[nH]ncc1C(=O)Nc1ccc(CC(N)=S)cc1. The van der Waals surface area contributed by atoms with E-state index < -0.39 is 0 Å². The van der Waals surface area contributed by atoms with Crippen molar-refractivity contribution in [1.82, 2.24) is 10.2 Å². The second-order valence-corrected chi connectivity index (χ2v) is 4.73. The highest BCUT2D eigenvalue weighted by molar-refractivity contribution is 7.80. The number of carbonyl (C=O) groups is 1. The number of hydrogen-bond donors (Lipinski definition) is 3. The Morgan fingerprint density at radius 3 is 2.63 bits per heavy atom. The maximum absolute atomic E-state index is 11.9. The van der Waals surface area contributed by atoms with Gasteiger partial charge in [-0.25, -0.2) is 0 Å². The van der Waals surface area contributed by atoms with Gasteiger partial charge in [-0.1, -0.05) is 24.4 Å². The van der Waals surface area contributed by atoms with Gasteiger partial charge in [-0.15, -0.1) is 0 Å². The maximum atomic E-state index is 11.9. The number of H-pyrrole nitrogens is 1. The molecule has 0 aliphatic heterocycles. The quantitative estimate of drug-likeness (QED) is 0.742. The molecule has 1 aromatic carbocycles. The van der Waals surface area contributed by atoms with Crippen LogP contribution < -0.4 is 11.1 Å². The van der Waals surface area contributed by atoms with E-state index in [2.05, 4.69) is 15.5 Å². The number of rotatable bonds is 4. The lowest BCUT2D eigenvalue weighted by molar-refractivity contribution is 0.102. The van der Waals surface area contributed by atoms with E-state index in [1.165, 1.54) is 6.20 Å². The summed E-state index contributed by atoms with van der Waals surface area (Å²) in [6.07, 6.45) is 2.07. The second-order valence-electron chi connectivity index (χ2n) is 4.20. The zero-order chi connectivity index (χ0) is 13.8. The van der Waals surface area contributed by atoms with Crippen molar-refractivity contribution in [2.45, 2.75) is 13.3 Å². The first kappa shape index (κ1) is 13.2. The molecule has 0 saturated carbocycles. The highest BCUT2D eigenvalue weighted by Gasteiger charge is 2.10. The summed E-state index contributed by atoms with van der Waals surface area (Å²) in [6.45, 7) is 1.80. The van der Waals surface area contributed by atoms with Crippen molar-refractivity contribution in [2.75, 3.05) is 5.32 Å². The van der Waals surface area contributed by atoms with Crippen molar-refractivity contribution in [3.8, 4) is 0 Å². The topological polar surface area (TPSA) is 83.8 Å². The summed E-state index contributed by atoms with van der Waals surface area (Å²) in [5.41, 5.74) is 8.49.